The predicted octanol–water partition coefficient (Wildman–Crippen LogP) is -0.0942. The van der Waals surface area contributed by atoms with Crippen molar-refractivity contribution < 1.29 is 14.4 Å². The molecular weight excluding hydrogens is 172 g/mol. The summed E-state index contributed by atoms with van der Waals surface area (Å²) in [5.74, 6) is -0.440. The summed E-state index contributed by atoms with van der Waals surface area (Å²) in [6.07, 6.45) is 0.332. The topological polar surface area (TPSA) is 66.5 Å². The third-order valence-corrected chi connectivity index (χ3v) is 2.08. The average Bonchev–Trinajstić information content (AvgIpc) is 2.44. The molecule has 0 spiro atoms. The molecule has 1 aliphatic heterocycles. The van der Waals surface area contributed by atoms with Crippen LogP contribution in [0.1, 0.15) is 20.3 Å². The van der Waals surface area contributed by atoms with Crippen LogP contribution in [0.5, 0.6) is 0 Å². The number of imide groups is 1. The minimum absolute atomic E-state index is 0.000166. The van der Waals surface area contributed by atoms with E-state index in [1.807, 2.05) is 0 Å². The molecule has 0 bridgehead atoms. The molecular formula is C8H12N2O3. The first kappa shape index (κ1) is 9.70. The van der Waals surface area contributed by atoms with Crippen LogP contribution in [0.3, 0.4) is 0 Å². The first-order valence-corrected chi connectivity index (χ1v) is 4.20. The first-order valence-electron chi connectivity index (χ1n) is 4.20. The summed E-state index contributed by atoms with van der Waals surface area (Å²) in [5.41, 5.74) is 0. The summed E-state index contributed by atoms with van der Waals surface area (Å²) in [6.45, 7) is 3.27. The number of carbonyl (C=O) groups excluding carboxylic acids is 3. The molecule has 72 valence electrons. The summed E-state index contributed by atoms with van der Waals surface area (Å²) in [6, 6.07) is -1.11. The number of nitrogens with one attached hydrogen (secondary N) is 1. The molecule has 1 N–H and O–H groups in total. The molecule has 5 nitrogen and oxygen atoms in total. The molecule has 13 heavy (non-hydrogen) atoms. The van der Waals surface area contributed by atoms with Crippen molar-refractivity contribution in [2.75, 3.05) is 6.54 Å². The standard InChI is InChI=1S/C8H12N2O3/c1-3-6(11)5(2)10-7(12)4-9-8(10)13/h5H,3-4H2,1-2H3,(H,9,13). The van der Waals surface area contributed by atoms with E-state index in [-0.39, 0.29) is 18.2 Å². The minimum atomic E-state index is -0.639. The van der Waals surface area contributed by atoms with Crippen molar-refractivity contribution in [3.8, 4) is 0 Å². The van der Waals surface area contributed by atoms with E-state index in [1.165, 1.54) is 0 Å². The lowest BCUT2D eigenvalue weighted by molar-refractivity contribution is -0.132. The number of hydrogen-bond acceptors (Lipinski definition) is 3. The van der Waals surface area contributed by atoms with Crippen LogP contribution in [0.2, 0.25) is 0 Å². The van der Waals surface area contributed by atoms with Crippen LogP contribution < -0.4 is 5.32 Å². The van der Waals surface area contributed by atoms with Gasteiger partial charge in [-0.15, -0.1) is 0 Å². The Labute approximate surface area is 76.1 Å². The summed E-state index contributed by atoms with van der Waals surface area (Å²) in [5, 5.41) is 2.36. The highest BCUT2D eigenvalue weighted by molar-refractivity contribution is 6.05. The van der Waals surface area contributed by atoms with Gasteiger partial charge in [0.1, 0.15) is 0 Å². The molecule has 3 amide bonds. The van der Waals surface area contributed by atoms with Gasteiger partial charge in [0.2, 0.25) is 0 Å². The predicted molar refractivity (Wildman–Crippen MR) is 45.0 cm³/mol. The molecule has 1 aliphatic rings. The Morgan fingerprint density at radius 3 is 2.62 bits per heavy atom. The summed E-state index contributed by atoms with van der Waals surface area (Å²) >= 11 is 0. The first-order chi connectivity index (χ1) is 6.07. The maximum atomic E-state index is 11.2. The van der Waals surface area contributed by atoms with Crippen LogP contribution in [0.25, 0.3) is 0 Å². The molecule has 0 aromatic rings. The number of Topliss-reactive ketones (excluding diaryl/α,β-unsaturated/α-hetero) is 1. The minimum Gasteiger partial charge on any atom is -0.329 e. The second-order valence-electron chi connectivity index (χ2n) is 2.92. The monoisotopic (exact) mass is 184 g/mol. The fourth-order valence-electron chi connectivity index (χ4n) is 1.27. The van der Waals surface area contributed by atoms with E-state index in [1.54, 1.807) is 13.8 Å². The van der Waals surface area contributed by atoms with Gasteiger partial charge in [-0.2, -0.15) is 0 Å². The van der Waals surface area contributed by atoms with Crippen molar-refractivity contribution in [1.29, 1.82) is 0 Å². The van der Waals surface area contributed by atoms with Crippen molar-refractivity contribution in [2.45, 2.75) is 26.3 Å². The Morgan fingerprint density at radius 1 is 1.62 bits per heavy atom. The van der Waals surface area contributed by atoms with Gasteiger partial charge in [-0.25, -0.2) is 4.79 Å². The number of nitrogens with zero attached hydrogens (tertiary/aromatic N) is 1. The second-order valence-corrected chi connectivity index (χ2v) is 2.92. The molecule has 0 aromatic heterocycles. The molecule has 0 saturated carbocycles. The zero-order chi connectivity index (χ0) is 10.0. The lowest BCUT2D eigenvalue weighted by atomic mass is 10.1. The molecule has 1 heterocycles. The highest BCUT2D eigenvalue weighted by Gasteiger charge is 2.35. The largest absolute Gasteiger partial charge is 0.329 e. The number of ketones is 1. The number of urea groups is 1. The van der Waals surface area contributed by atoms with Gasteiger partial charge in [-0.3, -0.25) is 14.5 Å². The highest BCUT2D eigenvalue weighted by Crippen LogP contribution is 2.07. The Kier molecular flexibility index (Phi) is 2.65. The fourth-order valence-corrected chi connectivity index (χ4v) is 1.27. The van der Waals surface area contributed by atoms with Crippen molar-refractivity contribution in [3.05, 3.63) is 0 Å². The quantitative estimate of drug-likeness (QED) is 0.623. The van der Waals surface area contributed by atoms with Crippen LogP contribution in [0.15, 0.2) is 0 Å². The van der Waals surface area contributed by atoms with E-state index in [0.29, 0.717) is 6.42 Å². The van der Waals surface area contributed by atoms with Crippen LogP contribution in [0.4, 0.5) is 4.79 Å². The van der Waals surface area contributed by atoms with Crippen LogP contribution in [-0.2, 0) is 9.59 Å². The molecule has 0 radical (unpaired) electrons. The Hall–Kier alpha value is -1.39. The Balaban J connectivity index is 2.75. The van der Waals surface area contributed by atoms with Gasteiger partial charge in [-0.1, -0.05) is 6.92 Å². The second kappa shape index (κ2) is 3.55. The lowest BCUT2D eigenvalue weighted by Crippen LogP contribution is -2.43. The number of hydrogen-bond donors (Lipinski definition) is 1. The molecule has 1 fully saturated rings. The van der Waals surface area contributed by atoms with E-state index in [9.17, 15) is 14.4 Å². The SMILES string of the molecule is CCC(=O)C(C)N1C(=O)CNC1=O. The zero-order valence-electron chi connectivity index (χ0n) is 7.66. The maximum Gasteiger partial charge on any atom is 0.325 e. The normalized spacial score (nSPS) is 18.8. The summed E-state index contributed by atoms with van der Waals surface area (Å²) in [4.78, 5) is 34.4. The van der Waals surface area contributed by atoms with Crippen LogP contribution >= 0.6 is 0 Å². The average molecular weight is 184 g/mol. The molecule has 1 atom stereocenters. The maximum absolute atomic E-state index is 11.2. The Bertz CT molecular complexity index is 246. The van der Waals surface area contributed by atoms with E-state index in [4.69, 9.17) is 0 Å². The van der Waals surface area contributed by atoms with Gasteiger partial charge < -0.3 is 5.32 Å². The summed E-state index contributed by atoms with van der Waals surface area (Å²) < 4.78 is 0. The number of amides is 3. The van der Waals surface area contributed by atoms with Gasteiger partial charge in [-0.05, 0) is 6.92 Å². The van der Waals surface area contributed by atoms with Gasteiger partial charge in [0.25, 0.3) is 5.91 Å². The smallest absolute Gasteiger partial charge is 0.325 e. The molecule has 5 heteroatoms. The van der Waals surface area contributed by atoms with Crippen molar-refractivity contribution >= 4 is 17.7 Å². The van der Waals surface area contributed by atoms with Crippen molar-refractivity contribution in [3.63, 3.8) is 0 Å². The third-order valence-electron chi connectivity index (χ3n) is 2.08. The third kappa shape index (κ3) is 1.68. The molecule has 0 aliphatic carbocycles. The van der Waals surface area contributed by atoms with Crippen LogP contribution in [0, 0.1) is 0 Å². The Morgan fingerprint density at radius 2 is 2.23 bits per heavy atom. The molecule has 1 unspecified atom stereocenters. The lowest BCUT2D eigenvalue weighted by Gasteiger charge is -2.18. The van der Waals surface area contributed by atoms with Crippen molar-refractivity contribution in [1.82, 2.24) is 10.2 Å². The fraction of sp³-hybridized carbons (Fsp3) is 0.625. The van der Waals surface area contributed by atoms with E-state index >= 15 is 0 Å². The molecule has 1 saturated heterocycles. The summed E-state index contributed by atoms with van der Waals surface area (Å²) in [7, 11) is 0. The van der Waals surface area contributed by atoms with Crippen molar-refractivity contribution in [2.24, 2.45) is 0 Å². The van der Waals surface area contributed by atoms with E-state index < -0.39 is 12.1 Å². The molecule has 1 rings (SSSR count). The van der Waals surface area contributed by atoms with E-state index in [0.717, 1.165) is 4.90 Å². The van der Waals surface area contributed by atoms with Gasteiger partial charge in [0.15, 0.2) is 5.78 Å². The number of carbonyl (C=O) groups is 3. The number of rotatable bonds is 3. The zero-order valence-corrected chi connectivity index (χ0v) is 7.66. The van der Waals surface area contributed by atoms with Gasteiger partial charge in [0, 0.05) is 6.42 Å². The highest BCUT2D eigenvalue weighted by atomic mass is 16.2. The van der Waals surface area contributed by atoms with Crippen LogP contribution in [-0.4, -0.2) is 35.2 Å². The van der Waals surface area contributed by atoms with Gasteiger partial charge in [0.05, 0.1) is 12.6 Å². The molecule has 0 aromatic carbocycles. The van der Waals surface area contributed by atoms with E-state index in [2.05, 4.69) is 5.32 Å². The van der Waals surface area contributed by atoms with Gasteiger partial charge >= 0.3 is 6.03 Å².